The molecule has 0 aromatic heterocycles. The van der Waals surface area contributed by atoms with E-state index in [2.05, 4.69) is 0 Å². The van der Waals surface area contributed by atoms with Gasteiger partial charge in [0.1, 0.15) is 5.60 Å². The molecule has 1 amide bonds. The number of piperidine rings is 1. The molecular formula is C13H23NO4. The lowest BCUT2D eigenvalue weighted by Gasteiger charge is -2.44. The molecule has 5 nitrogen and oxygen atoms in total. The van der Waals surface area contributed by atoms with Gasteiger partial charge in [-0.25, -0.2) is 4.79 Å². The number of likely N-dealkylation sites (tertiary alicyclic amines) is 1. The van der Waals surface area contributed by atoms with Crippen LogP contribution in [0.15, 0.2) is 0 Å². The molecule has 0 radical (unpaired) electrons. The van der Waals surface area contributed by atoms with Crippen LogP contribution in [0.1, 0.15) is 47.5 Å². The SMILES string of the molecule is CC1N(C(=O)O)CCCC1(C)C(=O)OC(C)(C)C. The Hall–Kier alpha value is -1.26. The number of carbonyl (C=O) groups excluding carboxylic acids is 1. The summed E-state index contributed by atoms with van der Waals surface area (Å²) in [6.45, 7) is 9.50. The normalized spacial score (nSPS) is 28.9. The zero-order valence-corrected chi connectivity index (χ0v) is 11.8. The highest BCUT2D eigenvalue weighted by molar-refractivity contribution is 5.79. The van der Waals surface area contributed by atoms with E-state index in [4.69, 9.17) is 9.84 Å². The highest BCUT2D eigenvalue weighted by atomic mass is 16.6. The number of carbonyl (C=O) groups is 2. The number of carboxylic acid groups (broad SMARTS) is 1. The zero-order chi connectivity index (χ0) is 14.1. The van der Waals surface area contributed by atoms with E-state index in [1.54, 1.807) is 13.8 Å². The minimum Gasteiger partial charge on any atom is -0.465 e. The lowest BCUT2D eigenvalue weighted by Crippen LogP contribution is -2.55. The molecule has 1 N–H and O–H groups in total. The molecule has 1 aliphatic rings. The second-order valence-electron chi connectivity index (χ2n) is 6.17. The molecule has 18 heavy (non-hydrogen) atoms. The van der Waals surface area contributed by atoms with Crippen molar-refractivity contribution in [3.05, 3.63) is 0 Å². The van der Waals surface area contributed by atoms with E-state index in [0.717, 1.165) is 0 Å². The summed E-state index contributed by atoms with van der Waals surface area (Å²) in [4.78, 5) is 24.7. The van der Waals surface area contributed by atoms with Gasteiger partial charge in [0, 0.05) is 12.6 Å². The second kappa shape index (κ2) is 4.78. The predicted molar refractivity (Wildman–Crippen MR) is 67.4 cm³/mol. The third-order valence-electron chi connectivity index (χ3n) is 3.60. The quantitative estimate of drug-likeness (QED) is 0.733. The van der Waals surface area contributed by atoms with Crippen molar-refractivity contribution in [1.29, 1.82) is 0 Å². The van der Waals surface area contributed by atoms with Crippen molar-refractivity contribution in [3.8, 4) is 0 Å². The van der Waals surface area contributed by atoms with Gasteiger partial charge in [0.2, 0.25) is 0 Å². The van der Waals surface area contributed by atoms with Gasteiger partial charge in [-0.2, -0.15) is 0 Å². The maximum absolute atomic E-state index is 12.3. The maximum Gasteiger partial charge on any atom is 0.407 e. The smallest absolute Gasteiger partial charge is 0.407 e. The van der Waals surface area contributed by atoms with Crippen LogP contribution in [-0.2, 0) is 9.53 Å². The van der Waals surface area contributed by atoms with Gasteiger partial charge in [0.25, 0.3) is 0 Å². The second-order valence-corrected chi connectivity index (χ2v) is 6.17. The molecule has 104 valence electrons. The summed E-state index contributed by atoms with van der Waals surface area (Å²) in [7, 11) is 0. The zero-order valence-electron chi connectivity index (χ0n) is 11.8. The number of nitrogens with zero attached hydrogens (tertiary/aromatic N) is 1. The number of hydrogen-bond donors (Lipinski definition) is 1. The minimum absolute atomic E-state index is 0.312. The van der Waals surface area contributed by atoms with Crippen LogP contribution in [0.5, 0.6) is 0 Å². The van der Waals surface area contributed by atoms with E-state index in [0.29, 0.717) is 19.4 Å². The van der Waals surface area contributed by atoms with E-state index < -0.39 is 17.1 Å². The molecule has 1 heterocycles. The summed E-state index contributed by atoms with van der Waals surface area (Å²) in [6.07, 6.45) is 0.371. The van der Waals surface area contributed by atoms with Crippen LogP contribution in [0.2, 0.25) is 0 Å². The Labute approximate surface area is 108 Å². The molecule has 0 aliphatic carbocycles. The maximum atomic E-state index is 12.3. The number of ether oxygens (including phenoxy) is 1. The third kappa shape index (κ3) is 2.94. The largest absolute Gasteiger partial charge is 0.465 e. The summed E-state index contributed by atoms with van der Waals surface area (Å²) in [5.74, 6) is -0.312. The third-order valence-corrected chi connectivity index (χ3v) is 3.60. The van der Waals surface area contributed by atoms with Gasteiger partial charge < -0.3 is 14.7 Å². The Balaban J connectivity index is 2.90. The van der Waals surface area contributed by atoms with Crippen LogP contribution in [0.25, 0.3) is 0 Å². The van der Waals surface area contributed by atoms with Gasteiger partial charge in [-0.05, 0) is 47.5 Å². The predicted octanol–water partition coefficient (Wildman–Crippen LogP) is 2.50. The fourth-order valence-electron chi connectivity index (χ4n) is 2.29. The molecule has 1 fully saturated rings. The Morgan fingerprint density at radius 3 is 2.39 bits per heavy atom. The van der Waals surface area contributed by atoms with E-state index >= 15 is 0 Å². The molecular weight excluding hydrogens is 234 g/mol. The molecule has 0 aromatic rings. The number of esters is 1. The van der Waals surface area contributed by atoms with Crippen LogP contribution in [0.3, 0.4) is 0 Å². The monoisotopic (exact) mass is 257 g/mol. The Kier molecular flexibility index (Phi) is 3.93. The highest BCUT2D eigenvalue weighted by Crippen LogP contribution is 2.37. The van der Waals surface area contributed by atoms with Gasteiger partial charge in [-0.15, -0.1) is 0 Å². The first-order valence-corrected chi connectivity index (χ1v) is 6.31. The van der Waals surface area contributed by atoms with Crippen LogP contribution < -0.4 is 0 Å². The standard InChI is InChI=1S/C13H23NO4/c1-9-13(5,10(15)18-12(2,3)4)7-6-8-14(9)11(16)17/h9H,6-8H2,1-5H3,(H,16,17). The molecule has 0 saturated carbocycles. The van der Waals surface area contributed by atoms with Gasteiger partial charge in [-0.1, -0.05) is 0 Å². The fourth-order valence-corrected chi connectivity index (χ4v) is 2.29. The fraction of sp³-hybridized carbons (Fsp3) is 0.846. The van der Waals surface area contributed by atoms with Crippen LogP contribution in [0, 0.1) is 5.41 Å². The first-order valence-electron chi connectivity index (χ1n) is 6.31. The molecule has 0 aromatic carbocycles. The lowest BCUT2D eigenvalue weighted by molar-refractivity contribution is -0.172. The average Bonchev–Trinajstić information content (AvgIpc) is 2.19. The molecule has 1 rings (SSSR count). The molecule has 1 aliphatic heterocycles. The summed E-state index contributed by atoms with van der Waals surface area (Å²) >= 11 is 0. The van der Waals surface area contributed by atoms with Crippen molar-refractivity contribution in [2.45, 2.75) is 59.1 Å². The van der Waals surface area contributed by atoms with Crippen LogP contribution in [-0.4, -0.2) is 40.3 Å². The van der Waals surface area contributed by atoms with E-state index in [-0.39, 0.29) is 12.0 Å². The van der Waals surface area contributed by atoms with Gasteiger partial charge >= 0.3 is 12.1 Å². The minimum atomic E-state index is -0.975. The Bertz CT molecular complexity index is 347. The molecule has 0 spiro atoms. The van der Waals surface area contributed by atoms with Crippen molar-refractivity contribution >= 4 is 12.1 Å². The topological polar surface area (TPSA) is 66.8 Å². The molecule has 5 heteroatoms. The number of amides is 1. The first kappa shape index (κ1) is 14.8. The van der Waals surface area contributed by atoms with Crippen LogP contribution in [0.4, 0.5) is 4.79 Å². The molecule has 1 saturated heterocycles. The first-order chi connectivity index (χ1) is 8.08. The molecule has 2 unspecified atom stereocenters. The van der Waals surface area contributed by atoms with E-state index in [9.17, 15) is 9.59 Å². The van der Waals surface area contributed by atoms with Crippen molar-refractivity contribution in [3.63, 3.8) is 0 Å². The van der Waals surface area contributed by atoms with Crippen molar-refractivity contribution in [2.24, 2.45) is 5.41 Å². The lowest BCUT2D eigenvalue weighted by atomic mass is 9.75. The van der Waals surface area contributed by atoms with Crippen molar-refractivity contribution in [1.82, 2.24) is 4.90 Å². The summed E-state index contributed by atoms with van der Waals surface area (Å²) < 4.78 is 5.42. The van der Waals surface area contributed by atoms with Gasteiger partial charge in [0.05, 0.1) is 5.41 Å². The van der Waals surface area contributed by atoms with Gasteiger partial charge in [0.15, 0.2) is 0 Å². The van der Waals surface area contributed by atoms with Crippen molar-refractivity contribution < 1.29 is 19.4 Å². The Morgan fingerprint density at radius 2 is 1.94 bits per heavy atom. The highest BCUT2D eigenvalue weighted by Gasteiger charge is 2.47. The number of hydrogen-bond acceptors (Lipinski definition) is 3. The number of rotatable bonds is 1. The van der Waals surface area contributed by atoms with E-state index in [1.807, 2.05) is 20.8 Å². The molecule has 0 bridgehead atoms. The average molecular weight is 257 g/mol. The van der Waals surface area contributed by atoms with Gasteiger partial charge in [-0.3, -0.25) is 4.79 Å². The molecule has 2 atom stereocenters. The summed E-state index contributed by atoms with van der Waals surface area (Å²) in [5, 5.41) is 9.13. The van der Waals surface area contributed by atoms with E-state index in [1.165, 1.54) is 4.90 Å². The Morgan fingerprint density at radius 1 is 1.39 bits per heavy atom. The van der Waals surface area contributed by atoms with Crippen molar-refractivity contribution in [2.75, 3.05) is 6.54 Å². The van der Waals surface area contributed by atoms with Crippen LogP contribution >= 0.6 is 0 Å². The summed E-state index contributed by atoms with van der Waals surface area (Å²) in [6, 6.07) is -0.362. The summed E-state index contributed by atoms with van der Waals surface area (Å²) in [5.41, 5.74) is -1.31.